The Labute approximate surface area is 142 Å². The van der Waals surface area contributed by atoms with Crippen molar-refractivity contribution in [1.29, 1.82) is 0 Å². The van der Waals surface area contributed by atoms with Gasteiger partial charge in [-0.15, -0.1) is 11.3 Å². The fourth-order valence-electron chi connectivity index (χ4n) is 2.43. The Hall–Kier alpha value is -2.48. The summed E-state index contributed by atoms with van der Waals surface area (Å²) in [6.07, 6.45) is 2.40. The van der Waals surface area contributed by atoms with E-state index in [2.05, 4.69) is 34.3 Å². The van der Waals surface area contributed by atoms with Gasteiger partial charge in [-0.05, 0) is 18.9 Å². The van der Waals surface area contributed by atoms with Crippen LogP contribution in [0.3, 0.4) is 0 Å². The summed E-state index contributed by atoms with van der Waals surface area (Å²) in [6.45, 7) is 6.05. The van der Waals surface area contributed by atoms with E-state index in [0.29, 0.717) is 21.7 Å². The summed E-state index contributed by atoms with van der Waals surface area (Å²) in [7, 11) is 1.69. The molecule has 8 heteroatoms. The van der Waals surface area contributed by atoms with Crippen LogP contribution in [0, 0.1) is 12.8 Å². The number of nitrogens with one attached hydrogen (secondary N) is 2. The molecule has 0 atom stereocenters. The van der Waals surface area contributed by atoms with Crippen LogP contribution in [0.2, 0.25) is 0 Å². The minimum absolute atomic E-state index is 0.196. The third-order valence-corrected chi connectivity index (χ3v) is 4.81. The van der Waals surface area contributed by atoms with Gasteiger partial charge < -0.3 is 9.88 Å². The normalized spacial score (nSPS) is 11.4. The number of H-pyrrole nitrogens is 1. The zero-order valence-electron chi connectivity index (χ0n) is 14.0. The number of aromatic amines is 1. The fraction of sp³-hybridized carbons (Fsp3) is 0.375. The fourth-order valence-corrected chi connectivity index (χ4v) is 3.45. The molecule has 0 fully saturated rings. The number of anilines is 1. The standard InChI is InChI=1S/C16H19N5O2S/c1-8(2)5-12-17-7-11(24-12)15(22)18-14-13-10(19-20-14)6-9(3)21(4)16(13)23/h6-8H,5H2,1-4H3,(H2,18,19,20,22). The van der Waals surface area contributed by atoms with E-state index < -0.39 is 0 Å². The molecular weight excluding hydrogens is 326 g/mol. The number of carbonyl (C=O) groups excluding carboxylic acids is 1. The molecule has 2 N–H and O–H groups in total. The molecule has 0 aliphatic rings. The molecule has 3 aromatic heterocycles. The lowest BCUT2D eigenvalue weighted by molar-refractivity contribution is 0.103. The Morgan fingerprint density at radius 3 is 2.92 bits per heavy atom. The van der Waals surface area contributed by atoms with Crippen molar-refractivity contribution in [1.82, 2.24) is 19.7 Å². The second kappa shape index (κ2) is 6.20. The summed E-state index contributed by atoms with van der Waals surface area (Å²) in [5, 5.41) is 10.9. The Bertz CT molecular complexity index is 967. The van der Waals surface area contributed by atoms with Crippen LogP contribution in [-0.2, 0) is 13.5 Å². The van der Waals surface area contributed by atoms with E-state index in [-0.39, 0.29) is 17.3 Å². The number of pyridine rings is 1. The van der Waals surface area contributed by atoms with E-state index >= 15 is 0 Å². The summed E-state index contributed by atoms with van der Waals surface area (Å²) < 4.78 is 1.53. The molecule has 0 saturated heterocycles. The lowest BCUT2D eigenvalue weighted by Gasteiger charge is -2.04. The Morgan fingerprint density at radius 1 is 1.46 bits per heavy atom. The molecule has 0 aliphatic carbocycles. The molecule has 0 radical (unpaired) electrons. The highest BCUT2D eigenvalue weighted by Crippen LogP contribution is 2.21. The number of hydrogen-bond acceptors (Lipinski definition) is 5. The first-order chi connectivity index (χ1) is 11.4. The van der Waals surface area contributed by atoms with Crippen LogP contribution in [-0.4, -0.2) is 25.7 Å². The molecule has 0 aromatic carbocycles. The molecule has 0 aliphatic heterocycles. The molecule has 0 unspecified atom stereocenters. The number of aromatic nitrogens is 4. The Balaban J connectivity index is 1.90. The zero-order valence-corrected chi connectivity index (χ0v) is 14.8. The van der Waals surface area contributed by atoms with E-state index in [4.69, 9.17) is 0 Å². The minimum atomic E-state index is -0.307. The first kappa shape index (κ1) is 16.4. The summed E-state index contributed by atoms with van der Waals surface area (Å²) in [4.78, 5) is 29.6. The minimum Gasteiger partial charge on any atom is -0.315 e. The van der Waals surface area contributed by atoms with Crippen molar-refractivity contribution >= 4 is 34.0 Å². The van der Waals surface area contributed by atoms with E-state index in [1.807, 2.05) is 13.0 Å². The van der Waals surface area contributed by atoms with Crippen LogP contribution in [0.25, 0.3) is 10.9 Å². The van der Waals surface area contributed by atoms with Crippen molar-refractivity contribution in [2.45, 2.75) is 27.2 Å². The molecule has 3 aromatic rings. The second-order valence-electron chi connectivity index (χ2n) is 6.18. The maximum absolute atomic E-state index is 12.4. The number of carbonyl (C=O) groups is 1. The summed E-state index contributed by atoms with van der Waals surface area (Å²) in [5.41, 5.74) is 1.23. The number of aryl methyl sites for hydroxylation is 1. The quantitative estimate of drug-likeness (QED) is 0.760. The van der Waals surface area contributed by atoms with Crippen LogP contribution in [0.15, 0.2) is 17.1 Å². The number of hydrogen-bond donors (Lipinski definition) is 2. The van der Waals surface area contributed by atoms with Crippen LogP contribution in [0.1, 0.15) is 34.2 Å². The van der Waals surface area contributed by atoms with E-state index in [9.17, 15) is 9.59 Å². The first-order valence-corrected chi connectivity index (χ1v) is 8.49. The summed E-state index contributed by atoms with van der Waals surface area (Å²) >= 11 is 1.36. The predicted octanol–water partition coefficient (Wildman–Crippen LogP) is 2.48. The van der Waals surface area contributed by atoms with Gasteiger partial charge in [0.15, 0.2) is 5.82 Å². The average Bonchev–Trinajstić information content (AvgIpc) is 3.12. The van der Waals surface area contributed by atoms with Gasteiger partial charge in [0, 0.05) is 19.2 Å². The number of thiazole rings is 1. The molecular formula is C16H19N5O2S. The largest absolute Gasteiger partial charge is 0.315 e. The van der Waals surface area contributed by atoms with Gasteiger partial charge in [-0.2, -0.15) is 5.10 Å². The van der Waals surface area contributed by atoms with Crippen molar-refractivity contribution in [3.8, 4) is 0 Å². The van der Waals surface area contributed by atoms with Crippen LogP contribution in [0.5, 0.6) is 0 Å². The lowest BCUT2D eigenvalue weighted by Crippen LogP contribution is -2.20. The highest BCUT2D eigenvalue weighted by Gasteiger charge is 2.17. The van der Waals surface area contributed by atoms with Crippen molar-refractivity contribution in [2.75, 3.05) is 5.32 Å². The molecule has 0 saturated carbocycles. The Morgan fingerprint density at radius 2 is 2.21 bits per heavy atom. The van der Waals surface area contributed by atoms with Gasteiger partial charge in [-0.1, -0.05) is 13.8 Å². The van der Waals surface area contributed by atoms with Gasteiger partial charge in [-0.25, -0.2) is 4.98 Å². The van der Waals surface area contributed by atoms with Gasteiger partial charge in [0.05, 0.1) is 16.7 Å². The summed E-state index contributed by atoms with van der Waals surface area (Å²) in [6, 6.07) is 1.83. The van der Waals surface area contributed by atoms with Crippen LogP contribution < -0.4 is 10.9 Å². The summed E-state index contributed by atoms with van der Waals surface area (Å²) in [5.74, 6) is 0.418. The molecule has 0 bridgehead atoms. The maximum atomic E-state index is 12.4. The molecule has 0 spiro atoms. The Kier molecular flexibility index (Phi) is 4.23. The number of nitrogens with zero attached hydrogens (tertiary/aromatic N) is 3. The molecule has 3 heterocycles. The molecule has 3 rings (SSSR count). The van der Waals surface area contributed by atoms with Crippen LogP contribution in [0.4, 0.5) is 5.82 Å². The second-order valence-corrected chi connectivity index (χ2v) is 7.30. The van der Waals surface area contributed by atoms with E-state index in [1.54, 1.807) is 13.2 Å². The third kappa shape index (κ3) is 2.96. The maximum Gasteiger partial charge on any atom is 0.268 e. The van der Waals surface area contributed by atoms with Gasteiger partial charge in [0.2, 0.25) is 0 Å². The smallest absolute Gasteiger partial charge is 0.268 e. The van der Waals surface area contributed by atoms with Crippen molar-refractivity contribution in [3.05, 3.63) is 38.2 Å². The van der Waals surface area contributed by atoms with Crippen molar-refractivity contribution in [2.24, 2.45) is 13.0 Å². The highest BCUT2D eigenvalue weighted by atomic mass is 32.1. The molecule has 126 valence electrons. The zero-order chi connectivity index (χ0) is 17.4. The average molecular weight is 345 g/mol. The monoisotopic (exact) mass is 345 g/mol. The number of fused-ring (bicyclic) bond motifs is 1. The van der Waals surface area contributed by atoms with Crippen molar-refractivity contribution in [3.63, 3.8) is 0 Å². The first-order valence-electron chi connectivity index (χ1n) is 7.67. The van der Waals surface area contributed by atoms with Gasteiger partial charge in [0.1, 0.15) is 10.3 Å². The molecule has 7 nitrogen and oxygen atoms in total. The van der Waals surface area contributed by atoms with Crippen LogP contribution >= 0.6 is 11.3 Å². The van der Waals surface area contributed by atoms with E-state index in [1.165, 1.54) is 15.9 Å². The van der Waals surface area contributed by atoms with Gasteiger partial charge in [-0.3, -0.25) is 14.7 Å². The van der Waals surface area contributed by atoms with Crippen molar-refractivity contribution < 1.29 is 4.79 Å². The molecule has 24 heavy (non-hydrogen) atoms. The molecule has 1 amide bonds. The van der Waals surface area contributed by atoms with Gasteiger partial charge in [0.25, 0.3) is 11.5 Å². The lowest BCUT2D eigenvalue weighted by atomic mass is 10.1. The van der Waals surface area contributed by atoms with E-state index in [0.717, 1.165) is 17.1 Å². The number of rotatable bonds is 4. The third-order valence-electron chi connectivity index (χ3n) is 3.79. The van der Waals surface area contributed by atoms with Gasteiger partial charge >= 0.3 is 0 Å². The topological polar surface area (TPSA) is 92.7 Å². The predicted molar refractivity (Wildman–Crippen MR) is 94.7 cm³/mol. The number of amides is 1. The SMILES string of the molecule is Cc1cc2[nH]nc(NC(=O)c3cnc(CC(C)C)s3)c2c(=O)n1C. The highest BCUT2D eigenvalue weighted by molar-refractivity contribution is 7.13.